The molecule has 2 atom stereocenters. The maximum absolute atomic E-state index is 9.61. The molecule has 0 amide bonds. The summed E-state index contributed by atoms with van der Waals surface area (Å²) in [6.07, 6.45) is 0.207. The number of rotatable bonds is 4. The molecule has 2 rings (SSSR count). The first kappa shape index (κ1) is 19.3. The van der Waals surface area contributed by atoms with Crippen LogP contribution in [0.5, 0.6) is 0 Å². The number of hydrogen-bond donors (Lipinski definition) is 0. The van der Waals surface area contributed by atoms with Crippen molar-refractivity contribution in [1.29, 1.82) is 10.5 Å². The van der Waals surface area contributed by atoms with Crippen LogP contribution in [-0.4, -0.2) is 5.48 Å². The molecular formula is C17H13Cl3N2O. The maximum atomic E-state index is 9.61. The van der Waals surface area contributed by atoms with Crippen molar-refractivity contribution >= 4 is 34.8 Å². The highest BCUT2D eigenvalue weighted by molar-refractivity contribution is 6.35. The third-order valence-corrected chi connectivity index (χ3v) is 4.26. The Hall–Kier alpha value is -1.75. The SMILES string of the molecule is N#CCC(c1ccc(Cl)cc1)C(C#N)c1ccc(Cl)cc1Cl.O. The summed E-state index contributed by atoms with van der Waals surface area (Å²) in [6, 6.07) is 16.6. The van der Waals surface area contributed by atoms with Crippen LogP contribution in [0.25, 0.3) is 0 Å². The van der Waals surface area contributed by atoms with E-state index in [4.69, 9.17) is 40.1 Å². The predicted molar refractivity (Wildman–Crippen MR) is 92.9 cm³/mol. The fourth-order valence-corrected chi connectivity index (χ4v) is 3.02. The molecule has 2 unspecified atom stereocenters. The number of hydrogen-bond acceptors (Lipinski definition) is 2. The van der Waals surface area contributed by atoms with Crippen LogP contribution in [0.2, 0.25) is 15.1 Å². The van der Waals surface area contributed by atoms with Crippen LogP contribution in [0, 0.1) is 22.7 Å². The monoisotopic (exact) mass is 366 g/mol. The normalized spacial score (nSPS) is 12.4. The Morgan fingerprint density at radius 3 is 2.04 bits per heavy atom. The molecule has 0 bridgehead atoms. The Kier molecular flexibility index (Phi) is 7.36. The minimum atomic E-state index is -0.536. The second-order valence-corrected chi connectivity index (χ2v) is 6.07. The van der Waals surface area contributed by atoms with Crippen molar-refractivity contribution < 1.29 is 5.48 Å². The molecule has 0 radical (unpaired) electrons. The summed E-state index contributed by atoms with van der Waals surface area (Å²) >= 11 is 18.0. The summed E-state index contributed by atoms with van der Waals surface area (Å²) in [6.45, 7) is 0. The van der Waals surface area contributed by atoms with Crippen LogP contribution < -0.4 is 0 Å². The summed E-state index contributed by atoms with van der Waals surface area (Å²) < 4.78 is 0. The fourth-order valence-electron chi connectivity index (χ4n) is 2.37. The van der Waals surface area contributed by atoms with E-state index < -0.39 is 5.92 Å². The summed E-state index contributed by atoms with van der Waals surface area (Å²) in [5.41, 5.74) is 1.55. The van der Waals surface area contributed by atoms with E-state index in [0.717, 1.165) is 5.56 Å². The smallest absolute Gasteiger partial charge is 0.0805 e. The number of nitriles is 2. The molecular weight excluding hydrogens is 355 g/mol. The van der Waals surface area contributed by atoms with Crippen LogP contribution in [-0.2, 0) is 0 Å². The molecule has 0 heterocycles. The zero-order chi connectivity index (χ0) is 16.1. The van der Waals surface area contributed by atoms with Crippen molar-refractivity contribution in [2.45, 2.75) is 18.3 Å². The third kappa shape index (κ3) is 4.61. The van der Waals surface area contributed by atoms with Crippen molar-refractivity contribution in [3.63, 3.8) is 0 Å². The minimum absolute atomic E-state index is 0. The van der Waals surface area contributed by atoms with Gasteiger partial charge in [-0.15, -0.1) is 0 Å². The van der Waals surface area contributed by atoms with Crippen LogP contribution in [0.4, 0.5) is 0 Å². The highest BCUT2D eigenvalue weighted by atomic mass is 35.5. The summed E-state index contributed by atoms with van der Waals surface area (Å²) in [4.78, 5) is 0. The quantitative estimate of drug-likeness (QED) is 0.751. The highest BCUT2D eigenvalue weighted by Crippen LogP contribution is 2.39. The first-order valence-electron chi connectivity index (χ1n) is 6.53. The topological polar surface area (TPSA) is 79.1 Å². The summed E-state index contributed by atoms with van der Waals surface area (Å²) in [5.74, 6) is -0.823. The minimum Gasteiger partial charge on any atom is -0.412 e. The van der Waals surface area contributed by atoms with Gasteiger partial charge >= 0.3 is 0 Å². The van der Waals surface area contributed by atoms with Crippen molar-refractivity contribution in [3.8, 4) is 12.1 Å². The number of halogens is 3. The third-order valence-electron chi connectivity index (χ3n) is 3.45. The van der Waals surface area contributed by atoms with Gasteiger partial charge in [-0.25, -0.2) is 0 Å². The molecule has 0 aromatic heterocycles. The molecule has 0 aliphatic carbocycles. The van der Waals surface area contributed by atoms with Gasteiger partial charge in [0, 0.05) is 27.4 Å². The van der Waals surface area contributed by atoms with Gasteiger partial charge in [-0.1, -0.05) is 53.0 Å². The van der Waals surface area contributed by atoms with E-state index in [1.165, 1.54) is 0 Å². The standard InChI is InChI=1S/C17H11Cl3N2.H2O/c18-12-3-1-11(2-4-12)14(7-8-21)16(10-22)15-6-5-13(19)9-17(15)20;/h1-6,9,14,16H,7H2;1H2. The average Bonchev–Trinajstić information content (AvgIpc) is 2.50. The lowest BCUT2D eigenvalue weighted by Gasteiger charge is -2.21. The molecule has 118 valence electrons. The second-order valence-electron chi connectivity index (χ2n) is 4.79. The van der Waals surface area contributed by atoms with Crippen molar-refractivity contribution in [2.24, 2.45) is 0 Å². The van der Waals surface area contributed by atoms with Crippen LogP contribution >= 0.6 is 34.8 Å². The van der Waals surface area contributed by atoms with Gasteiger partial charge in [0.25, 0.3) is 0 Å². The summed E-state index contributed by atoms with van der Waals surface area (Å²) in [7, 11) is 0. The molecule has 2 aromatic carbocycles. The second kappa shape index (κ2) is 8.77. The molecule has 2 N–H and O–H groups in total. The molecule has 2 aromatic rings. The Labute approximate surface area is 149 Å². The lowest BCUT2D eigenvalue weighted by Crippen LogP contribution is -2.10. The zero-order valence-electron chi connectivity index (χ0n) is 11.9. The van der Waals surface area contributed by atoms with E-state index in [2.05, 4.69) is 12.1 Å². The van der Waals surface area contributed by atoms with E-state index in [9.17, 15) is 5.26 Å². The molecule has 6 heteroatoms. The molecule has 0 aliphatic rings. The van der Waals surface area contributed by atoms with Crippen molar-refractivity contribution in [1.82, 2.24) is 0 Å². The Balaban J connectivity index is 0.00000264. The number of nitrogens with zero attached hydrogens (tertiary/aromatic N) is 2. The number of benzene rings is 2. The van der Waals surface area contributed by atoms with Crippen molar-refractivity contribution in [2.75, 3.05) is 0 Å². The average molecular weight is 368 g/mol. The lowest BCUT2D eigenvalue weighted by atomic mass is 9.80. The van der Waals surface area contributed by atoms with Gasteiger partial charge in [0.2, 0.25) is 0 Å². The predicted octanol–water partition coefficient (Wildman–Crippen LogP) is 5.13. The van der Waals surface area contributed by atoms with E-state index >= 15 is 0 Å². The van der Waals surface area contributed by atoms with Gasteiger partial charge in [0.15, 0.2) is 0 Å². The van der Waals surface area contributed by atoms with E-state index in [1.54, 1.807) is 30.3 Å². The largest absolute Gasteiger partial charge is 0.412 e. The van der Waals surface area contributed by atoms with Crippen LogP contribution in [0.3, 0.4) is 0 Å². The van der Waals surface area contributed by atoms with Gasteiger partial charge < -0.3 is 5.48 Å². The fraction of sp³-hybridized carbons (Fsp3) is 0.176. The Morgan fingerprint density at radius 1 is 0.913 bits per heavy atom. The highest BCUT2D eigenvalue weighted by Gasteiger charge is 2.26. The van der Waals surface area contributed by atoms with Gasteiger partial charge in [0.05, 0.1) is 18.1 Å². The maximum Gasteiger partial charge on any atom is 0.0805 e. The first-order chi connectivity index (χ1) is 10.6. The Morgan fingerprint density at radius 2 is 1.52 bits per heavy atom. The molecule has 0 saturated carbocycles. The summed E-state index contributed by atoms with van der Waals surface area (Å²) in [5, 5.41) is 20.3. The van der Waals surface area contributed by atoms with E-state index in [1.807, 2.05) is 12.1 Å². The molecule has 0 aliphatic heterocycles. The zero-order valence-corrected chi connectivity index (χ0v) is 14.2. The molecule has 0 spiro atoms. The molecule has 0 saturated heterocycles. The molecule has 3 nitrogen and oxygen atoms in total. The molecule has 23 heavy (non-hydrogen) atoms. The van der Waals surface area contributed by atoms with Gasteiger partial charge in [-0.3, -0.25) is 0 Å². The molecule has 0 fully saturated rings. The first-order valence-corrected chi connectivity index (χ1v) is 7.67. The lowest BCUT2D eigenvalue weighted by molar-refractivity contribution is 0.641. The van der Waals surface area contributed by atoms with Crippen LogP contribution in [0.15, 0.2) is 42.5 Å². The Bertz CT molecular complexity index is 748. The van der Waals surface area contributed by atoms with E-state index in [-0.39, 0.29) is 17.8 Å². The van der Waals surface area contributed by atoms with E-state index in [0.29, 0.717) is 20.6 Å². The van der Waals surface area contributed by atoms with Crippen molar-refractivity contribution in [3.05, 3.63) is 68.7 Å². The van der Waals surface area contributed by atoms with Crippen LogP contribution in [0.1, 0.15) is 29.4 Å². The van der Waals surface area contributed by atoms with Gasteiger partial charge in [-0.2, -0.15) is 10.5 Å². The van der Waals surface area contributed by atoms with Gasteiger partial charge in [0.1, 0.15) is 0 Å². The van der Waals surface area contributed by atoms with Gasteiger partial charge in [-0.05, 0) is 35.4 Å².